The molecule has 1 aliphatic rings. The molecule has 0 spiro atoms. The molecule has 0 saturated carbocycles. The Morgan fingerprint density at radius 2 is 2.04 bits per heavy atom. The molecule has 4 nitrogen and oxygen atoms in total. The van der Waals surface area contributed by atoms with Gasteiger partial charge in [0.15, 0.2) is 0 Å². The second kappa shape index (κ2) is 8.17. The summed E-state index contributed by atoms with van der Waals surface area (Å²) in [6.45, 7) is 2.10. The second-order valence-electron chi connectivity index (χ2n) is 6.15. The van der Waals surface area contributed by atoms with Crippen molar-refractivity contribution in [3.05, 3.63) is 52.7 Å². The van der Waals surface area contributed by atoms with Gasteiger partial charge in [0.25, 0.3) is 0 Å². The molecule has 0 bridgehead atoms. The molecule has 1 heterocycles. The summed E-state index contributed by atoms with van der Waals surface area (Å²) >= 11 is 1.33. The van der Waals surface area contributed by atoms with E-state index in [2.05, 4.69) is 23.3 Å². The number of hydrogen-bond donors (Lipinski definition) is 1. The summed E-state index contributed by atoms with van der Waals surface area (Å²) in [5.41, 5.74) is 4.88. The number of thioether (sulfide) groups is 1. The van der Waals surface area contributed by atoms with E-state index in [1.165, 1.54) is 22.9 Å². The van der Waals surface area contributed by atoms with Crippen molar-refractivity contribution < 1.29 is 4.79 Å². The van der Waals surface area contributed by atoms with Crippen molar-refractivity contribution in [1.82, 2.24) is 4.98 Å². The molecule has 2 aromatic rings. The van der Waals surface area contributed by atoms with Gasteiger partial charge in [0.2, 0.25) is 5.91 Å². The maximum atomic E-state index is 12.2. The van der Waals surface area contributed by atoms with E-state index in [1.54, 1.807) is 0 Å². The zero-order valence-electron chi connectivity index (χ0n) is 14.3. The summed E-state index contributed by atoms with van der Waals surface area (Å²) in [5, 5.41) is 12.9. The third-order valence-corrected chi connectivity index (χ3v) is 5.36. The van der Waals surface area contributed by atoms with E-state index >= 15 is 0 Å². The van der Waals surface area contributed by atoms with E-state index in [4.69, 9.17) is 0 Å². The van der Waals surface area contributed by atoms with E-state index in [9.17, 15) is 10.1 Å². The maximum Gasteiger partial charge on any atom is 0.234 e. The van der Waals surface area contributed by atoms with E-state index in [-0.39, 0.29) is 11.7 Å². The van der Waals surface area contributed by atoms with Gasteiger partial charge in [0.05, 0.1) is 11.3 Å². The summed E-state index contributed by atoms with van der Waals surface area (Å²) in [6.07, 6.45) is 5.24. The van der Waals surface area contributed by atoms with Crippen molar-refractivity contribution in [1.29, 1.82) is 5.26 Å². The van der Waals surface area contributed by atoms with Crippen LogP contribution in [-0.4, -0.2) is 16.6 Å². The minimum absolute atomic E-state index is 0.0855. The molecule has 25 heavy (non-hydrogen) atoms. The summed E-state index contributed by atoms with van der Waals surface area (Å²) in [6, 6.07) is 12.0. The van der Waals surface area contributed by atoms with Crippen LogP contribution in [0.5, 0.6) is 0 Å². The molecule has 1 aliphatic carbocycles. The molecule has 1 aromatic heterocycles. The van der Waals surface area contributed by atoms with E-state index in [1.807, 2.05) is 30.3 Å². The normalized spacial score (nSPS) is 13.0. The fourth-order valence-corrected chi connectivity index (χ4v) is 3.73. The monoisotopic (exact) mass is 351 g/mol. The molecule has 1 N–H and O–H groups in total. The molecule has 0 saturated heterocycles. The molecule has 0 atom stereocenters. The average molecular weight is 351 g/mol. The van der Waals surface area contributed by atoms with Gasteiger partial charge < -0.3 is 5.32 Å². The zero-order chi connectivity index (χ0) is 17.6. The zero-order valence-corrected chi connectivity index (χ0v) is 15.2. The lowest BCUT2D eigenvalue weighted by atomic mass is 9.95. The number of amides is 1. The number of benzene rings is 1. The van der Waals surface area contributed by atoms with Crippen LogP contribution < -0.4 is 5.32 Å². The highest BCUT2D eigenvalue weighted by atomic mass is 32.2. The van der Waals surface area contributed by atoms with Gasteiger partial charge in [0, 0.05) is 11.4 Å². The van der Waals surface area contributed by atoms with Crippen LogP contribution in [0.3, 0.4) is 0 Å². The minimum atomic E-state index is -0.0855. The number of nitriles is 1. The van der Waals surface area contributed by atoms with E-state index < -0.39 is 0 Å². The largest absolute Gasteiger partial charge is 0.325 e. The Labute approximate surface area is 152 Å². The molecule has 5 heteroatoms. The molecule has 3 rings (SSSR count). The van der Waals surface area contributed by atoms with Crippen molar-refractivity contribution in [2.75, 3.05) is 11.1 Å². The molecule has 0 fully saturated rings. The third kappa shape index (κ3) is 4.40. The topological polar surface area (TPSA) is 65.8 Å². The number of carbonyl (C=O) groups excluding carboxylic acids is 1. The van der Waals surface area contributed by atoms with Gasteiger partial charge in [-0.25, -0.2) is 4.98 Å². The van der Waals surface area contributed by atoms with E-state index in [0.29, 0.717) is 10.6 Å². The van der Waals surface area contributed by atoms with Crippen molar-refractivity contribution in [2.24, 2.45) is 0 Å². The highest BCUT2D eigenvalue weighted by Gasteiger charge is 2.16. The number of nitrogens with one attached hydrogen (secondary N) is 1. The van der Waals surface area contributed by atoms with Crippen molar-refractivity contribution in [3.8, 4) is 6.07 Å². The van der Waals surface area contributed by atoms with E-state index in [0.717, 1.165) is 43.5 Å². The number of aromatic nitrogens is 1. The van der Waals surface area contributed by atoms with Crippen molar-refractivity contribution >= 4 is 23.4 Å². The van der Waals surface area contributed by atoms with Crippen LogP contribution in [0.1, 0.15) is 42.1 Å². The van der Waals surface area contributed by atoms with Gasteiger partial charge in [-0.15, -0.1) is 0 Å². The number of pyridine rings is 1. The molecule has 0 radical (unpaired) electrons. The number of aryl methyl sites for hydroxylation is 3. The molecular weight excluding hydrogens is 330 g/mol. The van der Waals surface area contributed by atoms with Crippen molar-refractivity contribution in [2.45, 2.75) is 44.1 Å². The van der Waals surface area contributed by atoms with Crippen LogP contribution >= 0.6 is 11.8 Å². The Kier molecular flexibility index (Phi) is 5.72. The Balaban J connectivity index is 1.64. The van der Waals surface area contributed by atoms with Gasteiger partial charge in [0.1, 0.15) is 11.1 Å². The molecule has 128 valence electrons. The lowest BCUT2D eigenvalue weighted by Crippen LogP contribution is -2.14. The quantitative estimate of drug-likeness (QED) is 0.823. The first-order chi connectivity index (χ1) is 12.2. The summed E-state index contributed by atoms with van der Waals surface area (Å²) in [7, 11) is 0. The van der Waals surface area contributed by atoms with Crippen LogP contribution in [0.15, 0.2) is 35.4 Å². The van der Waals surface area contributed by atoms with Crippen molar-refractivity contribution in [3.63, 3.8) is 0 Å². The number of anilines is 1. The standard InChI is InChI=1S/C20H21N3OS/c1-2-14-7-9-17(10-8-14)22-19(24)13-25-20-16(12-21)11-15-5-3-4-6-18(15)23-20/h7-11H,2-6,13H2,1H3,(H,22,24). The molecular formula is C20H21N3OS. The Morgan fingerprint density at radius 3 is 2.76 bits per heavy atom. The molecule has 0 unspecified atom stereocenters. The van der Waals surface area contributed by atoms with Gasteiger partial charge in [-0.3, -0.25) is 4.79 Å². The highest BCUT2D eigenvalue weighted by Crippen LogP contribution is 2.27. The molecule has 1 amide bonds. The Morgan fingerprint density at radius 1 is 1.28 bits per heavy atom. The predicted molar refractivity (Wildman–Crippen MR) is 101 cm³/mol. The summed E-state index contributed by atoms with van der Waals surface area (Å²) in [4.78, 5) is 16.8. The summed E-state index contributed by atoms with van der Waals surface area (Å²) < 4.78 is 0. The lowest BCUT2D eigenvalue weighted by molar-refractivity contribution is -0.113. The maximum absolute atomic E-state index is 12.2. The lowest BCUT2D eigenvalue weighted by Gasteiger charge is -2.16. The smallest absolute Gasteiger partial charge is 0.234 e. The number of rotatable bonds is 5. The first-order valence-electron chi connectivity index (χ1n) is 8.64. The average Bonchev–Trinajstić information content (AvgIpc) is 2.66. The fraction of sp³-hybridized carbons (Fsp3) is 0.350. The Hall–Kier alpha value is -2.32. The van der Waals surface area contributed by atoms with Crippen LogP contribution in [0, 0.1) is 11.3 Å². The van der Waals surface area contributed by atoms with Crippen LogP contribution in [0.25, 0.3) is 0 Å². The second-order valence-corrected chi connectivity index (χ2v) is 7.12. The highest BCUT2D eigenvalue weighted by molar-refractivity contribution is 8.00. The SMILES string of the molecule is CCc1ccc(NC(=O)CSc2nc3c(cc2C#N)CCCC3)cc1. The number of carbonyl (C=O) groups is 1. The first-order valence-corrected chi connectivity index (χ1v) is 9.62. The fourth-order valence-electron chi connectivity index (χ4n) is 2.96. The van der Waals surface area contributed by atoms with Gasteiger partial charge in [-0.1, -0.05) is 30.8 Å². The minimum Gasteiger partial charge on any atom is -0.325 e. The number of fused-ring (bicyclic) bond motifs is 1. The van der Waals surface area contributed by atoms with Crippen LogP contribution in [0.4, 0.5) is 5.69 Å². The van der Waals surface area contributed by atoms with Crippen LogP contribution in [0.2, 0.25) is 0 Å². The first kappa shape index (κ1) is 17.5. The van der Waals surface area contributed by atoms with Gasteiger partial charge >= 0.3 is 0 Å². The number of nitrogens with zero attached hydrogens (tertiary/aromatic N) is 2. The van der Waals surface area contributed by atoms with Gasteiger partial charge in [-0.05, 0) is 61.4 Å². The van der Waals surface area contributed by atoms with Gasteiger partial charge in [-0.2, -0.15) is 5.26 Å². The number of hydrogen-bond acceptors (Lipinski definition) is 4. The van der Waals surface area contributed by atoms with Crippen LogP contribution in [-0.2, 0) is 24.1 Å². The molecule has 1 aromatic carbocycles. The Bertz CT molecular complexity index is 809. The third-order valence-electron chi connectivity index (χ3n) is 4.37. The molecule has 0 aliphatic heterocycles. The summed E-state index contributed by atoms with van der Waals surface area (Å²) in [5.74, 6) is 0.161. The predicted octanol–water partition coefficient (Wildman–Crippen LogP) is 4.13.